The summed E-state index contributed by atoms with van der Waals surface area (Å²) in [5, 5.41) is 24.6. The summed E-state index contributed by atoms with van der Waals surface area (Å²) in [4.78, 5) is 12.1. The van der Waals surface area contributed by atoms with Gasteiger partial charge in [-0.15, -0.1) is 0 Å². The summed E-state index contributed by atoms with van der Waals surface area (Å²) in [5.74, 6) is -0.523. The molecule has 0 saturated heterocycles. The van der Waals surface area contributed by atoms with Gasteiger partial charge in [0, 0.05) is 11.4 Å². The van der Waals surface area contributed by atoms with Crippen molar-refractivity contribution in [2.75, 3.05) is 17.2 Å². The normalized spacial score (nSPS) is 11.4. The van der Waals surface area contributed by atoms with Crippen LogP contribution in [0, 0.1) is 0 Å². The van der Waals surface area contributed by atoms with Crippen LogP contribution in [0.15, 0.2) is 60.7 Å². The van der Waals surface area contributed by atoms with E-state index in [1.165, 1.54) is 0 Å². The molecule has 2 rings (SSSR count). The summed E-state index contributed by atoms with van der Waals surface area (Å²) in [6.07, 6.45) is -2.26. The van der Waals surface area contributed by atoms with Gasteiger partial charge >= 0.3 is 0 Å². The number of carbonyl (C=O) groups is 1. The third-order valence-corrected chi connectivity index (χ3v) is 2.96. The molecule has 0 spiro atoms. The second-order valence-corrected chi connectivity index (χ2v) is 4.55. The second kappa shape index (κ2) is 8.78. The monoisotopic (exact) mass is 304 g/mol. The zero-order valence-electron chi connectivity index (χ0n) is 11.9. The van der Waals surface area contributed by atoms with Crippen molar-refractivity contribution < 1.29 is 20.5 Å². The van der Waals surface area contributed by atoms with Gasteiger partial charge < -0.3 is 26.3 Å². The number of nitrogens with one attached hydrogen (secondary N) is 2. The number of Topliss-reactive ketones (excluding diaryl/α,β-unsaturated/α-hetero) is 1. The van der Waals surface area contributed by atoms with Gasteiger partial charge in [-0.25, -0.2) is 0 Å². The Morgan fingerprint density at radius 2 is 1.32 bits per heavy atom. The maximum atomic E-state index is 12.1. The molecule has 6 N–H and O–H groups in total. The van der Waals surface area contributed by atoms with E-state index in [-0.39, 0.29) is 5.48 Å². The van der Waals surface area contributed by atoms with Crippen LogP contribution in [0.3, 0.4) is 0 Å². The number of hydrogen-bond donors (Lipinski definition) is 4. The van der Waals surface area contributed by atoms with Gasteiger partial charge in [0.25, 0.3) is 0 Å². The molecule has 0 aromatic heterocycles. The van der Waals surface area contributed by atoms with Crippen molar-refractivity contribution in [1.82, 2.24) is 0 Å². The zero-order valence-corrected chi connectivity index (χ0v) is 11.9. The maximum Gasteiger partial charge on any atom is 0.205 e. The molecule has 22 heavy (non-hydrogen) atoms. The Bertz CT molecular complexity index is 521. The van der Waals surface area contributed by atoms with Crippen molar-refractivity contribution in [1.29, 1.82) is 0 Å². The fourth-order valence-electron chi connectivity index (χ4n) is 1.86. The summed E-state index contributed by atoms with van der Waals surface area (Å²) >= 11 is 0. The predicted octanol–water partition coefficient (Wildman–Crippen LogP) is 0.634. The van der Waals surface area contributed by atoms with Crippen LogP contribution < -0.4 is 10.6 Å². The number of benzene rings is 2. The van der Waals surface area contributed by atoms with Gasteiger partial charge in [-0.1, -0.05) is 36.4 Å². The van der Waals surface area contributed by atoms with Gasteiger partial charge in [0.15, 0.2) is 6.17 Å². The number of aliphatic hydroxyl groups is 2. The molecule has 1 unspecified atom stereocenters. The first-order valence-corrected chi connectivity index (χ1v) is 6.66. The molecule has 6 heteroatoms. The van der Waals surface area contributed by atoms with Gasteiger partial charge in [0.1, 0.15) is 6.10 Å². The summed E-state index contributed by atoms with van der Waals surface area (Å²) in [6.45, 7) is -0.609. The van der Waals surface area contributed by atoms with E-state index in [1.807, 2.05) is 60.7 Å². The molecule has 0 amide bonds. The first kappa shape index (κ1) is 17.6. The van der Waals surface area contributed by atoms with E-state index in [0.29, 0.717) is 0 Å². The van der Waals surface area contributed by atoms with Crippen LogP contribution in [0.5, 0.6) is 0 Å². The third-order valence-electron chi connectivity index (χ3n) is 2.96. The molecule has 2 aromatic rings. The van der Waals surface area contributed by atoms with E-state index >= 15 is 0 Å². The fraction of sp³-hybridized carbons (Fsp3) is 0.188. The second-order valence-electron chi connectivity index (χ2n) is 4.55. The number of ketones is 1. The Hall–Kier alpha value is -2.41. The Morgan fingerprint density at radius 1 is 0.909 bits per heavy atom. The minimum atomic E-state index is -1.43. The molecule has 2 aromatic carbocycles. The lowest BCUT2D eigenvalue weighted by Crippen LogP contribution is -2.44. The number of hydrogen-bond acceptors (Lipinski definition) is 5. The van der Waals surface area contributed by atoms with Gasteiger partial charge in [0.2, 0.25) is 5.78 Å². The molecule has 0 fully saturated rings. The molecule has 0 aliphatic rings. The molecule has 0 aliphatic heterocycles. The average Bonchev–Trinajstić information content (AvgIpc) is 2.54. The van der Waals surface area contributed by atoms with Gasteiger partial charge in [-0.2, -0.15) is 0 Å². The number of aliphatic hydroxyl groups excluding tert-OH is 2. The van der Waals surface area contributed by atoms with E-state index in [4.69, 9.17) is 5.11 Å². The molecule has 0 saturated carbocycles. The average molecular weight is 304 g/mol. The predicted molar refractivity (Wildman–Crippen MR) is 85.6 cm³/mol. The van der Waals surface area contributed by atoms with Crippen LogP contribution in [0.2, 0.25) is 0 Å². The van der Waals surface area contributed by atoms with Crippen molar-refractivity contribution >= 4 is 17.2 Å². The first-order chi connectivity index (χ1) is 10.2. The largest absolute Gasteiger partial charge is 0.412 e. The smallest absolute Gasteiger partial charge is 0.205 e. The molecule has 6 nitrogen and oxygen atoms in total. The van der Waals surface area contributed by atoms with Crippen molar-refractivity contribution in [3.8, 4) is 0 Å². The fourth-order valence-corrected chi connectivity index (χ4v) is 1.86. The van der Waals surface area contributed by atoms with Gasteiger partial charge in [-0.05, 0) is 24.3 Å². The van der Waals surface area contributed by atoms with Crippen LogP contribution in [0.4, 0.5) is 11.4 Å². The molecule has 0 heterocycles. The van der Waals surface area contributed by atoms with Crippen LogP contribution >= 0.6 is 0 Å². The van der Waals surface area contributed by atoms with E-state index in [0.717, 1.165) is 11.4 Å². The van der Waals surface area contributed by atoms with Gasteiger partial charge in [-0.3, -0.25) is 4.79 Å². The van der Waals surface area contributed by atoms with Crippen LogP contribution in [0.25, 0.3) is 0 Å². The maximum absolute atomic E-state index is 12.1. The lowest BCUT2D eigenvalue weighted by Gasteiger charge is -2.23. The summed E-state index contributed by atoms with van der Waals surface area (Å²) in [5.41, 5.74) is 1.48. The Morgan fingerprint density at radius 3 is 1.68 bits per heavy atom. The van der Waals surface area contributed by atoms with E-state index in [2.05, 4.69) is 10.6 Å². The van der Waals surface area contributed by atoms with Crippen molar-refractivity contribution in [2.45, 2.75) is 12.3 Å². The summed E-state index contributed by atoms with van der Waals surface area (Å²) in [7, 11) is 0. The summed E-state index contributed by atoms with van der Waals surface area (Å²) in [6, 6.07) is 18.4. The molecule has 0 aliphatic carbocycles. The SMILES string of the molecule is O.O=C(C(O)CO)C(Nc1ccccc1)Nc1ccccc1. The lowest BCUT2D eigenvalue weighted by atomic mass is 10.1. The molecule has 1 atom stereocenters. The third kappa shape index (κ3) is 4.85. The van der Waals surface area contributed by atoms with E-state index in [9.17, 15) is 9.90 Å². The quantitative estimate of drug-likeness (QED) is 0.560. The standard InChI is InChI=1S/C16H18N2O3.H2O/c19-11-14(20)15(21)16(17-12-7-3-1-4-8-12)18-13-9-5-2-6-10-13;/h1-10,14,16-20H,11H2;1H2. The molecule has 0 bridgehead atoms. The van der Waals surface area contributed by atoms with Crippen molar-refractivity contribution in [3.05, 3.63) is 60.7 Å². The molecule has 118 valence electrons. The van der Waals surface area contributed by atoms with Crippen LogP contribution in [0.1, 0.15) is 0 Å². The van der Waals surface area contributed by atoms with Crippen LogP contribution in [-0.4, -0.2) is 40.3 Å². The molecule has 0 radical (unpaired) electrons. The Balaban J connectivity index is 0.00000242. The highest BCUT2D eigenvalue weighted by atomic mass is 16.3. The first-order valence-electron chi connectivity index (χ1n) is 6.66. The highest BCUT2D eigenvalue weighted by Crippen LogP contribution is 2.12. The zero-order chi connectivity index (χ0) is 15.1. The Labute approximate surface area is 128 Å². The van der Waals surface area contributed by atoms with E-state index < -0.39 is 24.7 Å². The topological polar surface area (TPSA) is 113 Å². The number of anilines is 2. The van der Waals surface area contributed by atoms with Gasteiger partial charge in [0.05, 0.1) is 6.61 Å². The lowest BCUT2D eigenvalue weighted by molar-refractivity contribution is -0.129. The molecular formula is C16H20N2O4. The number of para-hydroxylation sites is 2. The minimum absolute atomic E-state index is 0. The number of rotatable bonds is 7. The highest BCUT2D eigenvalue weighted by molar-refractivity contribution is 5.92. The van der Waals surface area contributed by atoms with Crippen molar-refractivity contribution in [3.63, 3.8) is 0 Å². The minimum Gasteiger partial charge on any atom is -0.412 e. The number of carbonyl (C=O) groups excluding carboxylic acids is 1. The Kier molecular flexibility index (Phi) is 7.04. The van der Waals surface area contributed by atoms with Crippen LogP contribution in [-0.2, 0) is 4.79 Å². The van der Waals surface area contributed by atoms with E-state index in [1.54, 1.807) is 0 Å². The van der Waals surface area contributed by atoms with Crippen molar-refractivity contribution in [2.24, 2.45) is 0 Å². The summed E-state index contributed by atoms with van der Waals surface area (Å²) < 4.78 is 0. The highest BCUT2D eigenvalue weighted by Gasteiger charge is 2.24. The molecular weight excluding hydrogens is 284 g/mol.